The van der Waals surface area contributed by atoms with Gasteiger partial charge in [-0.3, -0.25) is 0 Å². The summed E-state index contributed by atoms with van der Waals surface area (Å²) in [6.07, 6.45) is 2.91. The van der Waals surface area contributed by atoms with E-state index in [0.717, 1.165) is 30.4 Å². The second-order valence-corrected chi connectivity index (χ2v) is 7.34. The summed E-state index contributed by atoms with van der Waals surface area (Å²) in [6.45, 7) is 9.15. The van der Waals surface area contributed by atoms with Crippen molar-refractivity contribution in [3.63, 3.8) is 0 Å². The highest BCUT2D eigenvalue weighted by atomic mass is 32.1. The molecule has 7 heteroatoms. The van der Waals surface area contributed by atoms with Crippen molar-refractivity contribution in [3.05, 3.63) is 35.9 Å². The van der Waals surface area contributed by atoms with Gasteiger partial charge in [0.2, 0.25) is 5.95 Å². The number of nitrogens with zero attached hydrogens (tertiary/aromatic N) is 3. The topological polar surface area (TPSA) is 66.2 Å². The number of hydrogen-bond donors (Lipinski definition) is 2. The van der Waals surface area contributed by atoms with E-state index in [1.807, 2.05) is 25.1 Å². The van der Waals surface area contributed by atoms with Gasteiger partial charge in [-0.05, 0) is 49.5 Å². The minimum Gasteiger partial charge on any atom is -0.467 e. The zero-order valence-corrected chi connectivity index (χ0v) is 15.8. The Morgan fingerprint density at radius 2 is 2.08 bits per heavy atom. The Morgan fingerprint density at radius 3 is 2.76 bits per heavy atom. The van der Waals surface area contributed by atoms with Crippen LogP contribution in [0.3, 0.4) is 0 Å². The summed E-state index contributed by atoms with van der Waals surface area (Å²) < 4.78 is 5.28. The van der Waals surface area contributed by atoms with E-state index in [4.69, 9.17) is 16.6 Å². The SMILES string of the molecule is Cc1cc(N2C[C@@H](C)C[C@H](C)C2)nc(NC(=S)NCc2ccco2)n1. The Kier molecular flexibility index (Phi) is 5.53. The minimum atomic E-state index is 0.480. The van der Waals surface area contributed by atoms with Gasteiger partial charge in [-0.2, -0.15) is 4.98 Å². The maximum Gasteiger partial charge on any atom is 0.231 e. The number of aryl methyl sites for hydroxylation is 1. The summed E-state index contributed by atoms with van der Waals surface area (Å²) in [5, 5.41) is 6.66. The molecule has 1 fully saturated rings. The zero-order chi connectivity index (χ0) is 17.8. The smallest absolute Gasteiger partial charge is 0.231 e. The molecule has 0 aromatic carbocycles. The van der Waals surface area contributed by atoms with E-state index in [1.54, 1.807) is 6.26 Å². The van der Waals surface area contributed by atoms with Crippen molar-refractivity contribution in [2.75, 3.05) is 23.3 Å². The Labute approximate surface area is 154 Å². The van der Waals surface area contributed by atoms with Crippen molar-refractivity contribution in [2.45, 2.75) is 33.7 Å². The summed E-state index contributed by atoms with van der Waals surface area (Å²) in [4.78, 5) is 11.5. The number of thiocarbonyl (C=S) groups is 1. The van der Waals surface area contributed by atoms with Gasteiger partial charge in [-0.25, -0.2) is 4.98 Å². The number of anilines is 2. The molecule has 0 bridgehead atoms. The summed E-state index contributed by atoms with van der Waals surface area (Å²) in [7, 11) is 0. The van der Waals surface area contributed by atoms with Crippen LogP contribution in [-0.4, -0.2) is 28.2 Å². The predicted octanol–water partition coefficient (Wildman–Crippen LogP) is 3.35. The number of aromatic nitrogens is 2. The molecule has 2 N–H and O–H groups in total. The summed E-state index contributed by atoms with van der Waals surface area (Å²) in [5.74, 6) is 3.66. The van der Waals surface area contributed by atoms with E-state index in [9.17, 15) is 0 Å². The monoisotopic (exact) mass is 359 g/mol. The third-order valence-electron chi connectivity index (χ3n) is 4.26. The van der Waals surface area contributed by atoms with Crippen LogP contribution >= 0.6 is 12.2 Å². The number of piperidine rings is 1. The fraction of sp³-hybridized carbons (Fsp3) is 0.500. The van der Waals surface area contributed by atoms with Crippen LogP contribution < -0.4 is 15.5 Å². The van der Waals surface area contributed by atoms with Crippen LogP contribution in [0.4, 0.5) is 11.8 Å². The van der Waals surface area contributed by atoms with Crippen LogP contribution in [0, 0.1) is 18.8 Å². The first-order valence-corrected chi connectivity index (χ1v) is 9.08. The number of hydrogen-bond acceptors (Lipinski definition) is 5. The van der Waals surface area contributed by atoms with Crippen LogP contribution in [0.2, 0.25) is 0 Å². The first-order chi connectivity index (χ1) is 12.0. The predicted molar refractivity (Wildman–Crippen MR) is 104 cm³/mol. The fourth-order valence-electron chi connectivity index (χ4n) is 3.35. The zero-order valence-electron chi connectivity index (χ0n) is 15.0. The lowest BCUT2D eigenvalue weighted by Gasteiger charge is -2.36. The molecule has 0 aliphatic carbocycles. The third kappa shape index (κ3) is 4.92. The Morgan fingerprint density at radius 1 is 1.32 bits per heavy atom. The van der Waals surface area contributed by atoms with Gasteiger partial charge in [-0.15, -0.1) is 0 Å². The van der Waals surface area contributed by atoms with Crippen LogP contribution in [0.15, 0.2) is 28.9 Å². The van der Waals surface area contributed by atoms with Gasteiger partial charge in [0, 0.05) is 24.8 Å². The maximum atomic E-state index is 5.33. The quantitative estimate of drug-likeness (QED) is 0.812. The lowest BCUT2D eigenvalue weighted by molar-refractivity contribution is 0.355. The molecule has 0 spiro atoms. The van der Waals surface area contributed by atoms with Crippen molar-refractivity contribution in [2.24, 2.45) is 11.8 Å². The average molecular weight is 359 g/mol. The van der Waals surface area contributed by atoms with Gasteiger partial charge in [-0.1, -0.05) is 13.8 Å². The largest absolute Gasteiger partial charge is 0.467 e. The molecule has 25 heavy (non-hydrogen) atoms. The second-order valence-electron chi connectivity index (χ2n) is 6.93. The molecule has 0 radical (unpaired) electrons. The normalized spacial score (nSPS) is 20.4. The fourth-order valence-corrected chi connectivity index (χ4v) is 3.51. The van der Waals surface area contributed by atoms with Gasteiger partial charge in [0.05, 0.1) is 12.8 Å². The molecular formula is C18H25N5OS. The summed E-state index contributed by atoms with van der Waals surface area (Å²) in [5.41, 5.74) is 0.923. The highest BCUT2D eigenvalue weighted by Gasteiger charge is 2.23. The molecule has 3 heterocycles. The van der Waals surface area contributed by atoms with E-state index in [0.29, 0.717) is 29.4 Å². The highest BCUT2D eigenvalue weighted by Crippen LogP contribution is 2.25. The Hall–Kier alpha value is -2.15. The van der Waals surface area contributed by atoms with Crippen molar-refractivity contribution in [1.29, 1.82) is 0 Å². The maximum absolute atomic E-state index is 5.33. The standard InChI is InChI=1S/C18H25N5OS/c1-12-7-13(2)11-23(10-12)16-8-14(3)20-17(21-16)22-18(25)19-9-15-5-4-6-24-15/h4-6,8,12-13H,7,9-11H2,1-3H3,(H2,19,20,21,22,25)/t12-,13-/m0/s1. The summed E-state index contributed by atoms with van der Waals surface area (Å²) >= 11 is 5.33. The van der Waals surface area contributed by atoms with Crippen LogP contribution in [0.5, 0.6) is 0 Å². The van der Waals surface area contributed by atoms with Crippen LogP contribution in [0.1, 0.15) is 31.7 Å². The van der Waals surface area contributed by atoms with Gasteiger partial charge in [0.15, 0.2) is 5.11 Å². The molecular weight excluding hydrogens is 334 g/mol. The molecule has 2 aromatic rings. The lowest BCUT2D eigenvalue weighted by atomic mass is 9.92. The van der Waals surface area contributed by atoms with Crippen LogP contribution in [-0.2, 0) is 6.54 Å². The van der Waals surface area contributed by atoms with Crippen molar-refractivity contribution < 1.29 is 4.42 Å². The van der Waals surface area contributed by atoms with E-state index >= 15 is 0 Å². The number of rotatable bonds is 4. The first-order valence-electron chi connectivity index (χ1n) is 8.67. The van der Waals surface area contributed by atoms with Crippen LogP contribution in [0.25, 0.3) is 0 Å². The third-order valence-corrected chi connectivity index (χ3v) is 4.51. The molecule has 134 valence electrons. The van der Waals surface area contributed by atoms with Crippen molar-refractivity contribution >= 4 is 29.1 Å². The molecule has 0 saturated carbocycles. The Balaban J connectivity index is 1.65. The first kappa shape index (κ1) is 17.7. The van der Waals surface area contributed by atoms with E-state index in [-0.39, 0.29) is 0 Å². The number of nitrogens with one attached hydrogen (secondary N) is 2. The molecule has 3 rings (SSSR count). The molecule has 1 aliphatic heterocycles. The second kappa shape index (κ2) is 7.82. The van der Waals surface area contributed by atoms with Crippen molar-refractivity contribution in [1.82, 2.24) is 15.3 Å². The van der Waals surface area contributed by atoms with E-state index in [1.165, 1.54) is 6.42 Å². The summed E-state index contributed by atoms with van der Waals surface area (Å²) in [6, 6.07) is 5.79. The van der Waals surface area contributed by atoms with Crippen molar-refractivity contribution in [3.8, 4) is 0 Å². The minimum absolute atomic E-state index is 0.480. The molecule has 6 nitrogen and oxygen atoms in total. The van der Waals surface area contributed by atoms with E-state index in [2.05, 4.69) is 39.3 Å². The lowest BCUT2D eigenvalue weighted by Crippen LogP contribution is -2.39. The Bertz CT molecular complexity index is 708. The van der Waals surface area contributed by atoms with Gasteiger partial charge in [0.25, 0.3) is 0 Å². The van der Waals surface area contributed by atoms with Gasteiger partial charge < -0.3 is 20.0 Å². The molecule has 2 atom stereocenters. The highest BCUT2D eigenvalue weighted by molar-refractivity contribution is 7.80. The van der Waals surface area contributed by atoms with Gasteiger partial charge in [0.1, 0.15) is 11.6 Å². The molecule has 0 unspecified atom stereocenters. The molecule has 2 aromatic heterocycles. The molecule has 1 saturated heterocycles. The average Bonchev–Trinajstić information content (AvgIpc) is 3.05. The number of furan rings is 1. The molecule has 0 amide bonds. The van der Waals surface area contributed by atoms with Gasteiger partial charge >= 0.3 is 0 Å². The van der Waals surface area contributed by atoms with E-state index < -0.39 is 0 Å². The molecule has 1 aliphatic rings.